The zero-order chi connectivity index (χ0) is 25.6. The molecular formula is C28H33NO6S. The third kappa shape index (κ3) is 9.13. The Morgan fingerprint density at radius 3 is 1.89 bits per heavy atom. The first-order valence-corrected chi connectivity index (χ1v) is 13.2. The van der Waals surface area contributed by atoms with Gasteiger partial charge in [-0.2, -0.15) is 8.42 Å². The number of hydrogen-bond acceptors (Lipinski definition) is 7. The summed E-state index contributed by atoms with van der Waals surface area (Å²) in [5.41, 5.74) is 3.95. The van der Waals surface area contributed by atoms with E-state index < -0.39 is 10.1 Å². The summed E-state index contributed by atoms with van der Waals surface area (Å²) in [5, 5.41) is 3.11. The van der Waals surface area contributed by atoms with Crippen molar-refractivity contribution in [1.82, 2.24) is 0 Å². The lowest BCUT2D eigenvalue weighted by Crippen LogP contribution is -2.15. The maximum Gasteiger partial charge on any atom is 0.297 e. The topological polar surface area (TPSA) is 83.1 Å². The fourth-order valence-corrected chi connectivity index (χ4v) is 4.39. The van der Waals surface area contributed by atoms with Crippen LogP contribution < -0.4 is 10.1 Å². The van der Waals surface area contributed by atoms with Crippen molar-refractivity contribution in [2.24, 2.45) is 0 Å². The second-order valence-corrected chi connectivity index (χ2v) is 9.47. The molecule has 0 aliphatic rings. The Labute approximate surface area is 213 Å². The number of hydrogen-bond donors (Lipinski definition) is 1. The molecule has 8 heteroatoms. The smallest absolute Gasteiger partial charge is 0.297 e. The van der Waals surface area contributed by atoms with Crippen LogP contribution in [0.1, 0.15) is 16.7 Å². The van der Waals surface area contributed by atoms with Gasteiger partial charge in [0.05, 0.1) is 37.9 Å². The van der Waals surface area contributed by atoms with E-state index in [2.05, 4.69) is 29.6 Å². The van der Waals surface area contributed by atoms with Crippen LogP contribution in [0.25, 0.3) is 12.2 Å². The van der Waals surface area contributed by atoms with Gasteiger partial charge in [-0.1, -0.05) is 54.6 Å². The highest BCUT2D eigenvalue weighted by Gasteiger charge is 2.16. The van der Waals surface area contributed by atoms with Crippen LogP contribution in [0.5, 0.6) is 5.75 Å². The van der Waals surface area contributed by atoms with Crippen molar-refractivity contribution in [3.63, 3.8) is 0 Å². The molecule has 0 aliphatic heterocycles. The highest BCUT2D eigenvalue weighted by molar-refractivity contribution is 7.86. The number of anilines is 1. The first-order chi connectivity index (χ1) is 17.5. The van der Waals surface area contributed by atoms with Crippen molar-refractivity contribution in [1.29, 1.82) is 0 Å². The molecule has 0 aliphatic carbocycles. The van der Waals surface area contributed by atoms with Gasteiger partial charge in [0.15, 0.2) is 0 Å². The van der Waals surface area contributed by atoms with Crippen LogP contribution in [-0.2, 0) is 23.8 Å². The van der Waals surface area contributed by atoms with Crippen LogP contribution in [0.2, 0.25) is 0 Å². The summed E-state index contributed by atoms with van der Waals surface area (Å²) in [6, 6.07) is 22.8. The Bertz CT molecular complexity index is 1190. The summed E-state index contributed by atoms with van der Waals surface area (Å²) >= 11 is 0. The lowest BCUT2D eigenvalue weighted by Gasteiger charge is -2.09. The van der Waals surface area contributed by atoms with Gasteiger partial charge in [-0.3, -0.25) is 4.18 Å². The van der Waals surface area contributed by atoms with E-state index in [1.165, 1.54) is 6.07 Å². The first kappa shape index (κ1) is 27.4. The van der Waals surface area contributed by atoms with Crippen molar-refractivity contribution >= 4 is 28.0 Å². The third-order valence-corrected chi connectivity index (χ3v) is 6.72. The van der Waals surface area contributed by atoms with Gasteiger partial charge in [-0.15, -0.1) is 0 Å². The minimum atomic E-state index is -3.78. The highest BCUT2D eigenvalue weighted by Crippen LogP contribution is 2.17. The molecule has 0 unspecified atom stereocenters. The molecule has 0 bridgehead atoms. The molecule has 0 saturated carbocycles. The molecule has 1 N–H and O–H groups in total. The predicted octanol–water partition coefficient (Wildman–Crippen LogP) is 5.02. The highest BCUT2D eigenvalue weighted by atomic mass is 32.2. The van der Waals surface area contributed by atoms with E-state index in [4.69, 9.17) is 18.4 Å². The zero-order valence-corrected chi connectivity index (χ0v) is 21.5. The molecule has 3 aromatic carbocycles. The molecule has 36 heavy (non-hydrogen) atoms. The summed E-state index contributed by atoms with van der Waals surface area (Å²) in [6.07, 6.45) is 4.13. The molecule has 0 fully saturated rings. The second kappa shape index (κ2) is 14.4. The molecule has 0 radical (unpaired) electrons. The lowest BCUT2D eigenvalue weighted by atomic mass is 10.1. The number of benzene rings is 3. The lowest BCUT2D eigenvalue weighted by molar-refractivity contribution is 0.0279. The zero-order valence-electron chi connectivity index (χ0n) is 20.7. The van der Waals surface area contributed by atoms with Crippen LogP contribution in [-0.4, -0.2) is 55.1 Å². The normalized spacial score (nSPS) is 11.6. The van der Waals surface area contributed by atoms with Gasteiger partial charge in [0.1, 0.15) is 12.4 Å². The third-order valence-electron chi connectivity index (χ3n) is 5.25. The van der Waals surface area contributed by atoms with Crippen LogP contribution in [0.4, 0.5) is 5.69 Å². The van der Waals surface area contributed by atoms with Gasteiger partial charge in [-0.25, -0.2) is 0 Å². The van der Waals surface area contributed by atoms with E-state index in [0.29, 0.717) is 32.0 Å². The van der Waals surface area contributed by atoms with E-state index >= 15 is 0 Å². The largest absolute Gasteiger partial charge is 0.491 e. The van der Waals surface area contributed by atoms with Crippen LogP contribution in [0.15, 0.2) is 77.7 Å². The van der Waals surface area contributed by atoms with Gasteiger partial charge in [0.25, 0.3) is 10.1 Å². The molecule has 0 saturated heterocycles. The summed E-state index contributed by atoms with van der Waals surface area (Å²) in [7, 11) is -1.88. The average molecular weight is 512 g/mol. The molecule has 7 nitrogen and oxygen atoms in total. The van der Waals surface area contributed by atoms with Crippen molar-refractivity contribution in [3.8, 4) is 5.75 Å². The van der Waals surface area contributed by atoms with Crippen molar-refractivity contribution in [3.05, 3.63) is 89.5 Å². The van der Waals surface area contributed by atoms with Crippen molar-refractivity contribution in [2.75, 3.05) is 52.0 Å². The quantitative estimate of drug-likeness (QED) is 0.174. The second-order valence-electron chi connectivity index (χ2n) is 7.89. The molecule has 3 aromatic rings. The maximum atomic E-state index is 12.2. The first-order valence-electron chi connectivity index (χ1n) is 11.8. The summed E-state index contributed by atoms with van der Waals surface area (Å²) < 4.78 is 46.0. The number of aryl methyl sites for hydroxylation is 1. The predicted molar refractivity (Wildman–Crippen MR) is 143 cm³/mol. The molecule has 0 atom stereocenters. The fraction of sp³-hybridized carbons (Fsp3) is 0.286. The number of rotatable bonds is 15. The van der Waals surface area contributed by atoms with Gasteiger partial charge < -0.3 is 19.5 Å². The van der Waals surface area contributed by atoms with Gasteiger partial charge in [0, 0.05) is 12.7 Å². The molecular weight excluding hydrogens is 478 g/mol. The molecule has 0 heterocycles. The Morgan fingerprint density at radius 2 is 1.28 bits per heavy atom. The fourth-order valence-electron chi connectivity index (χ4n) is 3.27. The molecule has 0 aromatic heterocycles. The SMILES string of the molecule is CNc1ccc(C=Cc2ccc(OCCOCCOCCOS(=O)(=O)c3ccccc3C)cc2)cc1. The Morgan fingerprint density at radius 1 is 0.722 bits per heavy atom. The van der Waals surface area contributed by atoms with E-state index in [1.807, 2.05) is 43.4 Å². The molecule has 0 amide bonds. The van der Waals surface area contributed by atoms with Crippen molar-refractivity contribution < 1.29 is 26.8 Å². The van der Waals surface area contributed by atoms with Crippen LogP contribution in [0.3, 0.4) is 0 Å². The van der Waals surface area contributed by atoms with Crippen LogP contribution in [0, 0.1) is 6.92 Å². The Hall–Kier alpha value is -3.17. The van der Waals surface area contributed by atoms with Crippen LogP contribution >= 0.6 is 0 Å². The van der Waals surface area contributed by atoms with E-state index in [1.54, 1.807) is 25.1 Å². The Kier molecular flexibility index (Phi) is 11.0. The maximum absolute atomic E-state index is 12.2. The van der Waals surface area contributed by atoms with Gasteiger partial charge in [-0.05, 0) is 53.9 Å². The number of nitrogens with one attached hydrogen (secondary N) is 1. The summed E-state index contributed by atoms with van der Waals surface area (Å²) in [5.74, 6) is 0.775. The Balaban J connectivity index is 1.23. The van der Waals surface area contributed by atoms with Crippen molar-refractivity contribution in [2.45, 2.75) is 11.8 Å². The number of ether oxygens (including phenoxy) is 3. The summed E-state index contributed by atoms with van der Waals surface area (Å²) in [6.45, 7) is 3.41. The van der Waals surface area contributed by atoms with E-state index in [9.17, 15) is 8.42 Å². The molecule has 192 valence electrons. The molecule has 3 rings (SSSR count). The average Bonchev–Trinajstić information content (AvgIpc) is 2.89. The van der Waals surface area contributed by atoms with E-state index in [-0.39, 0.29) is 18.1 Å². The van der Waals surface area contributed by atoms with E-state index in [0.717, 1.165) is 22.6 Å². The monoisotopic (exact) mass is 511 g/mol. The van der Waals surface area contributed by atoms with Gasteiger partial charge >= 0.3 is 0 Å². The standard InChI is InChI=1S/C28H33NO6S/c1-23-5-3-4-6-28(23)36(30,31)35-22-20-33-18-17-32-19-21-34-27-15-11-25(12-16-27)8-7-24-9-13-26(29-2)14-10-24/h3-16,29H,17-22H2,1-2H3. The minimum Gasteiger partial charge on any atom is -0.491 e. The summed E-state index contributed by atoms with van der Waals surface area (Å²) in [4.78, 5) is 0.176. The van der Waals surface area contributed by atoms with Gasteiger partial charge in [0.2, 0.25) is 0 Å². The minimum absolute atomic E-state index is 0.0480. The molecule has 0 spiro atoms.